The summed E-state index contributed by atoms with van der Waals surface area (Å²) in [7, 11) is 0. The average molecular weight is 194 g/mol. The first-order valence-electron chi connectivity index (χ1n) is 2.14. The molecule has 4 heteroatoms. The lowest BCUT2D eigenvalue weighted by Crippen LogP contribution is -2.09. The Labute approximate surface area is 68.0 Å². The van der Waals surface area contributed by atoms with Gasteiger partial charge in [0, 0.05) is 12.3 Å². The first-order chi connectivity index (χ1) is 3.52. The molecule has 1 aliphatic rings. The lowest BCUT2D eigenvalue weighted by atomic mass is 10.5. The zero-order valence-corrected chi connectivity index (χ0v) is 6.95. The molecule has 48 valence electrons. The summed E-state index contributed by atoms with van der Waals surface area (Å²) in [5, 5.41) is 0. The Morgan fingerprint density at radius 1 is 1.25 bits per heavy atom. The highest BCUT2D eigenvalue weighted by Crippen LogP contribution is 2.61. The number of hydrogen-bond donors (Lipinski definition) is 0. The van der Waals surface area contributed by atoms with Gasteiger partial charge in [0.25, 0.3) is 0 Å². The maximum atomic E-state index is 5.72. The SMILES string of the molecule is ClCC1(Cl)CC1(Cl)Cl. The maximum Gasteiger partial charge on any atom is 0.140 e. The third-order valence-corrected chi connectivity index (χ3v) is 3.61. The van der Waals surface area contributed by atoms with Crippen LogP contribution in [0.1, 0.15) is 6.42 Å². The molecule has 0 aromatic rings. The van der Waals surface area contributed by atoms with Crippen molar-refractivity contribution in [1.82, 2.24) is 0 Å². The van der Waals surface area contributed by atoms with Gasteiger partial charge < -0.3 is 0 Å². The van der Waals surface area contributed by atoms with Crippen LogP contribution in [0.5, 0.6) is 0 Å². The van der Waals surface area contributed by atoms with Gasteiger partial charge >= 0.3 is 0 Å². The number of rotatable bonds is 1. The standard InChI is InChI=1S/C4H4Cl4/c5-2-3(6)1-4(3,7)8/h1-2H2. The van der Waals surface area contributed by atoms with E-state index in [0.29, 0.717) is 12.3 Å². The van der Waals surface area contributed by atoms with E-state index >= 15 is 0 Å². The van der Waals surface area contributed by atoms with Crippen molar-refractivity contribution in [2.45, 2.75) is 15.6 Å². The minimum Gasteiger partial charge on any atom is -0.125 e. The predicted molar refractivity (Wildman–Crippen MR) is 38.4 cm³/mol. The van der Waals surface area contributed by atoms with Crippen molar-refractivity contribution in [1.29, 1.82) is 0 Å². The Balaban J connectivity index is 2.55. The van der Waals surface area contributed by atoms with Gasteiger partial charge in [-0.15, -0.1) is 23.2 Å². The van der Waals surface area contributed by atoms with Crippen LogP contribution in [0.4, 0.5) is 0 Å². The highest BCUT2D eigenvalue weighted by atomic mass is 35.5. The third kappa shape index (κ3) is 0.923. The lowest BCUT2D eigenvalue weighted by molar-refractivity contribution is 1.02. The summed E-state index contributed by atoms with van der Waals surface area (Å²) < 4.78 is -0.768. The fourth-order valence-electron chi connectivity index (χ4n) is 0.453. The molecule has 1 atom stereocenters. The van der Waals surface area contributed by atoms with Gasteiger partial charge in [-0.1, -0.05) is 23.2 Å². The van der Waals surface area contributed by atoms with Crippen LogP contribution in [0.15, 0.2) is 0 Å². The first-order valence-corrected chi connectivity index (χ1v) is 3.81. The van der Waals surface area contributed by atoms with Gasteiger partial charge in [-0.25, -0.2) is 0 Å². The molecule has 8 heavy (non-hydrogen) atoms. The predicted octanol–water partition coefficient (Wildman–Crippen LogP) is 2.78. The van der Waals surface area contributed by atoms with Crippen LogP contribution in [-0.2, 0) is 0 Å². The quantitative estimate of drug-likeness (QED) is 0.562. The Hall–Kier alpha value is 1.16. The zero-order valence-electron chi connectivity index (χ0n) is 3.93. The van der Waals surface area contributed by atoms with Gasteiger partial charge in [-0.3, -0.25) is 0 Å². The van der Waals surface area contributed by atoms with E-state index in [2.05, 4.69) is 0 Å². The average Bonchev–Trinajstić information content (AvgIpc) is 2.10. The highest BCUT2D eigenvalue weighted by molar-refractivity contribution is 6.58. The molecule has 1 fully saturated rings. The number of halogens is 4. The fourth-order valence-corrected chi connectivity index (χ4v) is 1.84. The normalized spacial score (nSPS) is 42.0. The van der Waals surface area contributed by atoms with Crippen LogP contribution in [0.25, 0.3) is 0 Å². The van der Waals surface area contributed by atoms with Crippen molar-refractivity contribution in [3.05, 3.63) is 0 Å². The Morgan fingerprint density at radius 3 is 1.62 bits per heavy atom. The van der Waals surface area contributed by atoms with Crippen LogP contribution >= 0.6 is 46.4 Å². The van der Waals surface area contributed by atoms with Gasteiger partial charge in [-0.05, 0) is 0 Å². The summed E-state index contributed by atoms with van der Waals surface area (Å²) in [4.78, 5) is -0.544. The molecule has 0 saturated heterocycles. The summed E-state index contributed by atoms with van der Waals surface area (Å²) in [5.41, 5.74) is 0. The van der Waals surface area contributed by atoms with Crippen molar-refractivity contribution in [3.8, 4) is 0 Å². The van der Waals surface area contributed by atoms with Crippen LogP contribution in [0, 0.1) is 0 Å². The third-order valence-electron chi connectivity index (χ3n) is 1.24. The molecule has 0 aliphatic heterocycles. The van der Waals surface area contributed by atoms with Crippen LogP contribution in [-0.4, -0.2) is 15.1 Å². The molecule has 0 aromatic heterocycles. The van der Waals surface area contributed by atoms with Crippen molar-refractivity contribution < 1.29 is 0 Å². The summed E-state index contributed by atoms with van der Waals surface area (Å²) >= 11 is 22.3. The van der Waals surface area contributed by atoms with E-state index < -0.39 is 9.21 Å². The van der Waals surface area contributed by atoms with Crippen molar-refractivity contribution in [3.63, 3.8) is 0 Å². The second-order valence-electron chi connectivity index (χ2n) is 1.98. The van der Waals surface area contributed by atoms with Gasteiger partial charge in [0.2, 0.25) is 0 Å². The lowest BCUT2D eigenvalue weighted by Gasteiger charge is -2.01. The molecular formula is C4H4Cl4. The molecular weight excluding hydrogens is 190 g/mol. The van der Waals surface area contributed by atoms with Crippen molar-refractivity contribution >= 4 is 46.4 Å². The highest BCUT2D eigenvalue weighted by Gasteiger charge is 2.65. The van der Waals surface area contributed by atoms with Crippen molar-refractivity contribution in [2.24, 2.45) is 0 Å². The maximum absolute atomic E-state index is 5.72. The van der Waals surface area contributed by atoms with E-state index in [-0.39, 0.29) is 0 Å². The summed E-state index contributed by atoms with van der Waals surface area (Å²) in [6.45, 7) is 0. The molecule has 0 N–H and O–H groups in total. The first kappa shape index (κ1) is 7.27. The summed E-state index contributed by atoms with van der Waals surface area (Å²) in [6.07, 6.45) is 0.591. The Bertz CT molecular complexity index is 111. The van der Waals surface area contributed by atoms with E-state index in [9.17, 15) is 0 Å². The monoisotopic (exact) mass is 192 g/mol. The smallest absolute Gasteiger partial charge is 0.125 e. The molecule has 0 nitrogen and oxygen atoms in total. The van der Waals surface area contributed by atoms with Crippen LogP contribution in [0.2, 0.25) is 0 Å². The van der Waals surface area contributed by atoms with E-state index in [0.717, 1.165) is 0 Å². The van der Waals surface area contributed by atoms with E-state index in [1.54, 1.807) is 0 Å². The molecule has 0 heterocycles. The number of alkyl halides is 4. The topological polar surface area (TPSA) is 0 Å². The van der Waals surface area contributed by atoms with Gasteiger partial charge in [0.05, 0.1) is 4.87 Å². The van der Waals surface area contributed by atoms with Crippen LogP contribution in [0.3, 0.4) is 0 Å². The number of hydrogen-bond acceptors (Lipinski definition) is 0. The molecule has 1 rings (SSSR count). The minimum atomic E-state index is -0.768. The van der Waals surface area contributed by atoms with Crippen molar-refractivity contribution in [2.75, 3.05) is 5.88 Å². The van der Waals surface area contributed by atoms with E-state index in [4.69, 9.17) is 46.4 Å². The largest absolute Gasteiger partial charge is 0.140 e. The zero-order chi connectivity index (χ0) is 6.41. The second kappa shape index (κ2) is 1.82. The molecule has 1 unspecified atom stereocenters. The molecule has 0 radical (unpaired) electrons. The summed E-state index contributed by atoms with van der Waals surface area (Å²) in [5.74, 6) is 0.321. The Kier molecular flexibility index (Phi) is 1.65. The van der Waals surface area contributed by atoms with Gasteiger partial charge in [-0.2, -0.15) is 0 Å². The molecule has 0 aromatic carbocycles. The minimum absolute atomic E-state index is 0.321. The molecule has 0 spiro atoms. The molecule has 0 amide bonds. The van der Waals surface area contributed by atoms with E-state index in [1.807, 2.05) is 0 Å². The molecule has 1 saturated carbocycles. The molecule has 1 aliphatic carbocycles. The van der Waals surface area contributed by atoms with Crippen LogP contribution < -0.4 is 0 Å². The molecule has 0 bridgehead atoms. The fraction of sp³-hybridized carbons (Fsp3) is 1.00. The summed E-state index contributed by atoms with van der Waals surface area (Å²) in [6, 6.07) is 0. The van der Waals surface area contributed by atoms with Gasteiger partial charge in [0.1, 0.15) is 4.33 Å². The van der Waals surface area contributed by atoms with E-state index in [1.165, 1.54) is 0 Å². The second-order valence-corrected chi connectivity index (χ2v) is 4.45. The Morgan fingerprint density at radius 2 is 1.62 bits per heavy atom. The van der Waals surface area contributed by atoms with Gasteiger partial charge in [0.15, 0.2) is 0 Å².